The molecule has 2 aromatic heterocycles. The van der Waals surface area contributed by atoms with Crippen molar-refractivity contribution in [1.29, 1.82) is 0 Å². The van der Waals surface area contributed by atoms with Crippen LogP contribution >= 0.6 is 0 Å². The largest absolute Gasteiger partial charge is 0.464 e. The van der Waals surface area contributed by atoms with E-state index in [0.717, 1.165) is 34.9 Å². The molecule has 1 aromatic carbocycles. The number of furan rings is 1. The molecule has 0 fully saturated rings. The summed E-state index contributed by atoms with van der Waals surface area (Å²) in [5.74, 6) is 0. The van der Waals surface area contributed by atoms with Crippen molar-refractivity contribution in [2.45, 2.75) is 33.3 Å². The van der Waals surface area contributed by atoms with Gasteiger partial charge in [-0.2, -0.15) is 4.98 Å². The third-order valence-corrected chi connectivity index (χ3v) is 4.55. The van der Waals surface area contributed by atoms with Crippen LogP contribution in [0, 0.1) is 6.92 Å². The number of nitrogens with one attached hydrogen (secondary N) is 1. The molecule has 3 aromatic rings. The topological polar surface area (TPSA) is 68.1 Å². The van der Waals surface area contributed by atoms with Crippen molar-refractivity contribution in [3.05, 3.63) is 68.2 Å². The van der Waals surface area contributed by atoms with Gasteiger partial charge in [-0.15, -0.1) is 0 Å². The van der Waals surface area contributed by atoms with Gasteiger partial charge in [0, 0.05) is 10.9 Å². The molecule has 2 heterocycles. The molecule has 5 heteroatoms. The van der Waals surface area contributed by atoms with Gasteiger partial charge in [-0.3, -0.25) is 9.78 Å². The van der Waals surface area contributed by atoms with Gasteiger partial charge in [-0.25, -0.2) is 0 Å². The molecule has 0 spiro atoms. The summed E-state index contributed by atoms with van der Waals surface area (Å²) in [6.45, 7) is 4.36. The first-order valence-electron chi connectivity index (χ1n) is 8.68. The highest BCUT2D eigenvalue weighted by molar-refractivity contribution is 5.81. The molecule has 132 valence electrons. The minimum atomic E-state index is -0.195. The highest BCUT2D eigenvalue weighted by Gasteiger charge is 2.08. The summed E-state index contributed by atoms with van der Waals surface area (Å²) in [7, 11) is 0. The molecule has 1 aliphatic carbocycles. The maximum Gasteiger partial charge on any atom is 0.297 e. The number of aryl methyl sites for hydroxylation is 1. The number of nitrogens with zero attached hydrogens (tertiary/aromatic N) is 1. The van der Waals surface area contributed by atoms with E-state index in [9.17, 15) is 4.79 Å². The normalized spacial score (nSPS) is 18.5. The van der Waals surface area contributed by atoms with Gasteiger partial charge >= 0.3 is 0 Å². The second-order valence-corrected chi connectivity index (χ2v) is 6.64. The zero-order chi connectivity index (χ0) is 18.1. The van der Waals surface area contributed by atoms with Crippen LogP contribution in [-0.2, 0) is 6.61 Å². The molecular formula is C21H20N2O3. The van der Waals surface area contributed by atoms with E-state index in [0.29, 0.717) is 10.6 Å². The summed E-state index contributed by atoms with van der Waals surface area (Å²) in [5, 5.41) is 2.24. The first-order chi connectivity index (χ1) is 12.6. The van der Waals surface area contributed by atoms with E-state index in [4.69, 9.17) is 9.15 Å². The fraction of sp³-hybridized carbons (Fsp3) is 0.238. The van der Waals surface area contributed by atoms with Crippen molar-refractivity contribution in [3.8, 4) is 6.01 Å². The summed E-state index contributed by atoms with van der Waals surface area (Å²) in [5.41, 5.74) is 3.94. The molecule has 1 N–H and O–H groups in total. The minimum absolute atomic E-state index is 0.195. The van der Waals surface area contributed by atoms with Crippen LogP contribution in [0.4, 0.5) is 0 Å². The van der Waals surface area contributed by atoms with Gasteiger partial charge in [0.25, 0.3) is 11.6 Å². The monoisotopic (exact) mass is 348 g/mol. The van der Waals surface area contributed by atoms with E-state index in [-0.39, 0.29) is 18.2 Å². The van der Waals surface area contributed by atoms with Gasteiger partial charge in [0.05, 0.1) is 16.8 Å². The third-order valence-electron chi connectivity index (χ3n) is 4.55. The Morgan fingerprint density at radius 1 is 1.27 bits per heavy atom. The molecule has 1 aliphatic rings. The van der Waals surface area contributed by atoms with Crippen LogP contribution in [0.15, 0.2) is 45.3 Å². The Labute approximate surface area is 150 Å². The average Bonchev–Trinajstić information content (AvgIpc) is 2.99. The van der Waals surface area contributed by atoms with Gasteiger partial charge in [-0.05, 0) is 44.4 Å². The zero-order valence-electron chi connectivity index (χ0n) is 14.8. The number of aromatic nitrogens is 2. The number of ether oxygens (including phenoxy) is 1. The Kier molecular flexibility index (Phi) is 4.21. The predicted octanol–water partition coefficient (Wildman–Crippen LogP) is 2.70. The maximum atomic E-state index is 12.4. The standard InChI is InChI=1S/C21H20N2O3/c1-13-4-3-5-18-17(9-6-13)20(24)23-21(22-18)26-12-15-11-25-19-10-14(2)7-8-16(15)19/h5-11H,3-4,12H2,1-2H3,(H,22,23,24)/b13-6+,17-9+,18-5+. The lowest BCUT2D eigenvalue weighted by molar-refractivity contribution is 0.278. The van der Waals surface area contributed by atoms with E-state index < -0.39 is 0 Å². The van der Waals surface area contributed by atoms with Gasteiger partial charge in [-0.1, -0.05) is 29.9 Å². The van der Waals surface area contributed by atoms with Crippen molar-refractivity contribution >= 4 is 23.1 Å². The second kappa shape index (κ2) is 6.67. The van der Waals surface area contributed by atoms with Crippen molar-refractivity contribution < 1.29 is 9.15 Å². The Bertz CT molecular complexity index is 1180. The quantitative estimate of drug-likeness (QED) is 0.790. The Morgan fingerprint density at radius 2 is 2.15 bits per heavy atom. The van der Waals surface area contributed by atoms with E-state index in [1.807, 2.05) is 43.4 Å². The zero-order valence-corrected chi connectivity index (χ0v) is 14.8. The van der Waals surface area contributed by atoms with E-state index >= 15 is 0 Å². The Morgan fingerprint density at radius 3 is 3.04 bits per heavy atom. The molecule has 0 aliphatic heterocycles. The van der Waals surface area contributed by atoms with Crippen molar-refractivity contribution in [3.63, 3.8) is 0 Å². The summed E-state index contributed by atoms with van der Waals surface area (Å²) >= 11 is 0. The fourth-order valence-electron chi connectivity index (χ4n) is 3.06. The molecule has 0 saturated heterocycles. The Hall–Kier alpha value is -3.08. The van der Waals surface area contributed by atoms with E-state index in [1.54, 1.807) is 6.26 Å². The lowest BCUT2D eigenvalue weighted by atomic mass is 10.1. The van der Waals surface area contributed by atoms with Crippen LogP contribution in [0.25, 0.3) is 23.1 Å². The average molecular weight is 348 g/mol. The first-order valence-corrected chi connectivity index (χ1v) is 8.68. The van der Waals surface area contributed by atoms with Crippen LogP contribution < -0.4 is 20.9 Å². The fourth-order valence-corrected chi connectivity index (χ4v) is 3.06. The molecule has 0 bridgehead atoms. The number of hydrogen-bond donors (Lipinski definition) is 1. The van der Waals surface area contributed by atoms with Crippen LogP contribution in [0.1, 0.15) is 30.9 Å². The lowest BCUT2D eigenvalue weighted by Crippen LogP contribution is -2.43. The van der Waals surface area contributed by atoms with E-state index in [1.165, 1.54) is 5.57 Å². The summed E-state index contributed by atoms with van der Waals surface area (Å²) in [6.07, 6.45) is 9.28. The molecule has 0 amide bonds. The van der Waals surface area contributed by atoms with Crippen LogP contribution in [0.3, 0.4) is 0 Å². The lowest BCUT2D eigenvalue weighted by Gasteiger charge is -2.05. The number of allylic oxidation sites excluding steroid dienone is 2. The van der Waals surface area contributed by atoms with Crippen molar-refractivity contribution in [2.75, 3.05) is 0 Å². The van der Waals surface area contributed by atoms with E-state index in [2.05, 4.69) is 16.9 Å². The number of aromatic amines is 1. The van der Waals surface area contributed by atoms with Crippen LogP contribution in [0.2, 0.25) is 0 Å². The second-order valence-electron chi connectivity index (χ2n) is 6.64. The van der Waals surface area contributed by atoms with Crippen molar-refractivity contribution in [1.82, 2.24) is 9.97 Å². The van der Waals surface area contributed by atoms with Gasteiger partial charge in [0.15, 0.2) is 0 Å². The first kappa shape index (κ1) is 16.4. The summed E-state index contributed by atoms with van der Waals surface area (Å²) < 4.78 is 11.3. The molecule has 0 unspecified atom stereocenters. The number of benzene rings is 1. The summed E-state index contributed by atoms with van der Waals surface area (Å²) in [4.78, 5) is 19.6. The molecule has 0 atom stereocenters. The smallest absolute Gasteiger partial charge is 0.297 e. The number of fused-ring (bicyclic) bond motifs is 2. The minimum Gasteiger partial charge on any atom is -0.464 e. The number of rotatable bonds is 3. The highest BCUT2D eigenvalue weighted by atomic mass is 16.5. The summed E-state index contributed by atoms with van der Waals surface area (Å²) in [6, 6.07) is 6.26. The number of hydrogen-bond acceptors (Lipinski definition) is 4. The molecule has 5 nitrogen and oxygen atoms in total. The Balaban J connectivity index is 1.65. The SMILES string of the molecule is C\C1=C/C=c2/c(=O)[nH]c(OCc3coc4cc(C)ccc34)n/c2=C/CC1. The third kappa shape index (κ3) is 3.20. The van der Waals surface area contributed by atoms with Gasteiger partial charge in [0.2, 0.25) is 0 Å². The molecule has 4 rings (SSSR count). The van der Waals surface area contributed by atoms with Crippen LogP contribution in [-0.4, -0.2) is 9.97 Å². The predicted molar refractivity (Wildman–Crippen MR) is 101 cm³/mol. The number of H-pyrrole nitrogens is 1. The highest BCUT2D eigenvalue weighted by Crippen LogP contribution is 2.22. The van der Waals surface area contributed by atoms with Gasteiger partial charge < -0.3 is 9.15 Å². The molecule has 26 heavy (non-hydrogen) atoms. The molecule has 0 saturated carbocycles. The molecular weight excluding hydrogens is 328 g/mol. The van der Waals surface area contributed by atoms with Crippen molar-refractivity contribution in [2.24, 2.45) is 0 Å². The van der Waals surface area contributed by atoms with Crippen LogP contribution in [0.5, 0.6) is 6.01 Å². The maximum absolute atomic E-state index is 12.4. The van der Waals surface area contributed by atoms with Gasteiger partial charge in [0.1, 0.15) is 12.2 Å². The molecule has 0 radical (unpaired) electrons.